The fraction of sp³-hybridized carbons (Fsp3) is 0. The van der Waals surface area contributed by atoms with Crippen LogP contribution in [0.2, 0.25) is 0 Å². The summed E-state index contributed by atoms with van der Waals surface area (Å²) in [7, 11) is 0. The molecule has 0 fully saturated rings. The minimum absolute atomic E-state index is 1.19. The Kier molecular flexibility index (Phi) is 3.91. The van der Waals surface area contributed by atoms with E-state index in [1.165, 1.54) is 60.2 Å². The molecule has 1 heteroatoms. The van der Waals surface area contributed by atoms with Gasteiger partial charge in [-0.3, -0.25) is 0 Å². The molecule has 1 aromatic heterocycles. The predicted molar refractivity (Wildman–Crippen MR) is 141 cm³/mol. The largest absolute Gasteiger partial charge is 0.309 e. The number of benzene rings is 6. The van der Waals surface area contributed by atoms with Crippen LogP contribution in [-0.4, -0.2) is 4.57 Å². The van der Waals surface area contributed by atoms with Crippen LogP contribution < -0.4 is 0 Å². The molecule has 0 aliphatic heterocycles. The molecule has 0 amide bonds. The first-order valence-corrected chi connectivity index (χ1v) is 11.4. The summed E-state index contributed by atoms with van der Waals surface area (Å²) in [5, 5.41) is 7.66. The minimum Gasteiger partial charge on any atom is -0.309 e. The highest BCUT2D eigenvalue weighted by molar-refractivity contribution is 6.22. The number of fused-ring (bicyclic) bond motifs is 6. The molecule has 0 N–H and O–H groups in total. The van der Waals surface area contributed by atoms with Gasteiger partial charge in [-0.15, -0.1) is 0 Å². The third-order valence-corrected chi connectivity index (χ3v) is 6.75. The molecule has 0 bridgehead atoms. The lowest BCUT2D eigenvalue weighted by Crippen LogP contribution is -1.94. The highest BCUT2D eigenvalue weighted by Gasteiger charge is 2.17. The van der Waals surface area contributed by atoms with E-state index in [4.69, 9.17) is 0 Å². The molecule has 0 aliphatic carbocycles. The molecule has 0 spiro atoms. The summed E-state index contributed by atoms with van der Waals surface area (Å²) in [6.07, 6.45) is 0. The summed E-state index contributed by atoms with van der Waals surface area (Å²) < 4.78 is 2.41. The zero-order valence-electron chi connectivity index (χ0n) is 18.1. The molecule has 1 nitrogen and oxygen atoms in total. The maximum atomic E-state index is 2.41. The smallest absolute Gasteiger partial charge is 0.0619 e. The molecule has 7 aromatic rings. The zero-order chi connectivity index (χ0) is 21.8. The molecule has 1 heterocycles. The van der Waals surface area contributed by atoms with Crippen LogP contribution in [0.5, 0.6) is 0 Å². The van der Waals surface area contributed by atoms with Crippen LogP contribution in [0.25, 0.3) is 60.2 Å². The molecule has 7 rings (SSSR count). The quantitative estimate of drug-likeness (QED) is 0.264. The second-order valence-corrected chi connectivity index (χ2v) is 8.62. The van der Waals surface area contributed by atoms with E-state index < -0.39 is 0 Å². The number of hydrogen-bond acceptors (Lipinski definition) is 0. The molecule has 0 saturated carbocycles. The Morgan fingerprint density at radius 2 is 1.09 bits per heavy atom. The zero-order valence-corrected chi connectivity index (χ0v) is 18.1. The van der Waals surface area contributed by atoms with Crippen LogP contribution in [0.4, 0.5) is 0 Å². The Bertz CT molecular complexity index is 1810. The van der Waals surface area contributed by atoms with Gasteiger partial charge in [0.05, 0.1) is 11.0 Å². The standard InChI is InChI=1S/C32H21N/c1-2-12-25(13-3-1)33-31-17-9-8-15-27(31)30-21-29(26-14-6-7-16-28(26)32(30)33)24-19-18-22-10-4-5-11-23(22)20-24/h1-21H. The predicted octanol–water partition coefficient (Wildman–Crippen LogP) is 8.76. The fourth-order valence-electron chi connectivity index (χ4n) is 5.26. The van der Waals surface area contributed by atoms with Gasteiger partial charge in [-0.1, -0.05) is 97.1 Å². The van der Waals surface area contributed by atoms with Crippen molar-refractivity contribution in [2.24, 2.45) is 0 Å². The van der Waals surface area contributed by atoms with Gasteiger partial charge < -0.3 is 4.57 Å². The summed E-state index contributed by atoms with van der Waals surface area (Å²) in [5.41, 5.74) is 6.22. The molecule has 33 heavy (non-hydrogen) atoms. The number of hydrogen-bond donors (Lipinski definition) is 0. The Morgan fingerprint density at radius 1 is 0.424 bits per heavy atom. The molecule has 6 aromatic carbocycles. The topological polar surface area (TPSA) is 4.93 Å². The van der Waals surface area contributed by atoms with E-state index in [0.717, 1.165) is 0 Å². The Balaban J connectivity index is 1.66. The molecular formula is C32H21N. The van der Waals surface area contributed by atoms with Gasteiger partial charge in [-0.25, -0.2) is 0 Å². The lowest BCUT2D eigenvalue weighted by atomic mass is 9.94. The molecule has 0 atom stereocenters. The summed E-state index contributed by atoms with van der Waals surface area (Å²) in [6, 6.07) is 46.0. The maximum Gasteiger partial charge on any atom is 0.0619 e. The number of aromatic nitrogens is 1. The van der Waals surface area contributed by atoms with Crippen molar-refractivity contribution in [2.75, 3.05) is 0 Å². The van der Waals surface area contributed by atoms with Crippen LogP contribution in [0.3, 0.4) is 0 Å². The van der Waals surface area contributed by atoms with E-state index in [-0.39, 0.29) is 0 Å². The summed E-state index contributed by atoms with van der Waals surface area (Å²) in [6.45, 7) is 0. The monoisotopic (exact) mass is 419 g/mol. The van der Waals surface area contributed by atoms with Crippen molar-refractivity contribution in [2.45, 2.75) is 0 Å². The molecule has 0 radical (unpaired) electrons. The lowest BCUT2D eigenvalue weighted by Gasteiger charge is -2.13. The van der Waals surface area contributed by atoms with Crippen LogP contribution in [-0.2, 0) is 0 Å². The third kappa shape index (κ3) is 2.73. The van der Waals surface area contributed by atoms with Crippen molar-refractivity contribution in [1.29, 1.82) is 0 Å². The fourth-order valence-corrected chi connectivity index (χ4v) is 5.26. The SMILES string of the molecule is c1ccc(-n2c3ccccc3c3cc(-c4ccc5ccccc5c4)c4ccccc4c32)cc1. The van der Waals surface area contributed by atoms with Crippen molar-refractivity contribution in [1.82, 2.24) is 4.57 Å². The van der Waals surface area contributed by atoms with E-state index in [1.807, 2.05) is 0 Å². The summed E-state index contributed by atoms with van der Waals surface area (Å²) in [5.74, 6) is 0. The number of para-hydroxylation sites is 2. The normalized spacial score (nSPS) is 11.6. The third-order valence-electron chi connectivity index (χ3n) is 6.75. The van der Waals surface area contributed by atoms with Gasteiger partial charge in [0.25, 0.3) is 0 Å². The Morgan fingerprint density at radius 3 is 1.94 bits per heavy atom. The molecule has 0 aliphatic rings. The van der Waals surface area contributed by atoms with Crippen LogP contribution in [0.1, 0.15) is 0 Å². The molecule has 154 valence electrons. The van der Waals surface area contributed by atoms with Crippen LogP contribution in [0, 0.1) is 0 Å². The van der Waals surface area contributed by atoms with Gasteiger partial charge in [-0.05, 0) is 57.6 Å². The van der Waals surface area contributed by atoms with Gasteiger partial charge in [0.2, 0.25) is 0 Å². The highest BCUT2D eigenvalue weighted by Crippen LogP contribution is 2.41. The average molecular weight is 420 g/mol. The van der Waals surface area contributed by atoms with E-state index >= 15 is 0 Å². The van der Waals surface area contributed by atoms with Crippen LogP contribution >= 0.6 is 0 Å². The molecule has 0 saturated heterocycles. The second kappa shape index (κ2) is 7.08. The summed E-state index contributed by atoms with van der Waals surface area (Å²) >= 11 is 0. The lowest BCUT2D eigenvalue weighted by molar-refractivity contribution is 1.19. The van der Waals surface area contributed by atoms with Gasteiger partial charge >= 0.3 is 0 Å². The first-order valence-electron chi connectivity index (χ1n) is 11.4. The maximum absolute atomic E-state index is 2.41. The Labute approximate surface area is 192 Å². The van der Waals surface area contributed by atoms with Gasteiger partial charge in [0.15, 0.2) is 0 Å². The Hall–Kier alpha value is -4.36. The minimum atomic E-state index is 1.19. The van der Waals surface area contributed by atoms with Crippen molar-refractivity contribution in [3.8, 4) is 16.8 Å². The van der Waals surface area contributed by atoms with Crippen molar-refractivity contribution in [3.63, 3.8) is 0 Å². The second-order valence-electron chi connectivity index (χ2n) is 8.62. The van der Waals surface area contributed by atoms with Crippen molar-refractivity contribution < 1.29 is 0 Å². The van der Waals surface area contributed by atoms with E-state index in [9.17, 15) is 0 Å². The number of rotatable bonds is 2. The average Bonchev–Trinajstić information content (AvgIpc) is 3.23. The van der Waals surface area contributed by atoms with E-state index in [1.54, 1.807) is 0 Å². The first kappa shape index (κ1) is 18.2. The van der Waals surface area contributed by atoms with Crippen molar-refractivity contribution in [3.05, 3.63) is 127 Å². The molecular weight excluding hydrogens is 398 g/mol. The van der Waals surface area contributed by atoms with Gasteiger partial charge in [-0.2, -0.15) is 0 Å². The molecule has 0 unspecified atom stereocenters. The van der Waals surface area contributed by atoms with E-state index in [2.05, 4.69) is 132 Å². The van der Waals surface area contributed by atoms with Gasteiger partial charge in [0.1, 0.15) is 0 Å². The number of nitrogens with zero attached hydrogens (tertiary/aromatic N) is 1. The van der Waals surface area contributed by atoms with Crippen LogP contribution in [0.15, 0.2) is 127 Å². The van der Waals surface area contributed by atoms with Crippen molar-refractivity contribution >= 4 is 43.4 Å². The first-order chi connectivity index (χ1) is 16.4. The highest BCUT2D eigenvalue weighted by atomic mass is 15.0. The van der Waals surface area contributed by atoms with E-state index in [0.29, 0.717) is 0 Å². The summed E-state index contributed by atoms with van der Waals surface area (Å²) in [4.78, 5) is 0. The van der Waals surface area contributed by atoms with Gasteiger partial charge in [0, 0.05) is 21.8 Å².